The number of nitrogens with one attached hydrogen (secondary N) is 1. The Hall–Kier alpha value is -1.66. The number of carbonyl (C=O) groups is 1. The van der Waals surface area contributed by atoms with Crippen molar-refractivity contribution in [2.45, 2.75) is 53.2 Å². The normalized spacial score (nSPS) is 11.5. The fourth-order valence-corrected chi connectivity index (χ4v) is 2.42. The molecule has 24 heavy (non-hydrogen) atoms. The summed E-state index contributed by atoms with van der Waals surface area (Å²) in [5.74, 6) is 0.818. The molecule has 1 atom stereocenters. The molecule has 0 aliphatic rings. The number of carbonyl (C=O) groups excluding carboxylic acids is 1. The predicted molar refractivity (Wildman–Crippen MR) is 102 cm³/mol. The zero-order valence-electron chi connectivity index (χ0n) is 16.0. The molecular weight excluding hydrogens is 324 g/mol. The molecule has 1 amide bonds. The maximum atomic E-state index is 10.3. The summed E-state index contributed by atoms with van der Waals surface area (Å²) < 4.78 is 11.1. The van der Waals surface area contributed by atoms with Gasteiger partial charge in [0.25, 0.3) is 0 Å². The lowest BCUT2D eigenvalue weighted by Crippen LogP contribution is -2.15. The molecule has 0 aliphatic heterocycles. The third-order valence-electron chi connectivity index (χ3n) is 2.91. The van der Waals surface area contributed by atoms with Crippen LogP contribution in [0.3, 0.4) is 0 Å². The van der Waals surface area contributed by atoms with E-state index < -0.39 is 0 Å². The third-order valence-corrected chi connectivity index (χ3v) is 4.11. The van der Waals surface area contributed by atoms with E-state index in [9.17, 15) is 4.79 Å². The number of methoxy groups -OCH3 is 2. The summed E-state index contributed by atoms with van der Waals surface area (Å²) in [6.07, 6.45) is 0.692. The summed E-state index contributed by atoms with van der Waals surface area (Å²) in [6, 6.07) is 5.69. The number of hydrogen-bond acceptors (Lipinski definition) is 5. The molecule has 6 heteroatoms. The summed E-state index contributed by atoms with van der Waals surface area (Å²) in [5, 5.41) is 3.59. The van der Waals surface area contributed by atoms with Crippen molar-refractivity contribution in [3.05, 3.63) is 23.2 Å². The number of amides is 1. The van der Waals surface area contributed by atoms with Gasteiger partial charge in [0.05, 0.1) is 29.0 Å². The van der Waals surface area contributed by atoms with Crippen molar-refractivity contribution in [3.63, 3.8) is 0 Å². The molecule has 1 N–H and O–H groups in total. The highest BCUT2D eigenvalue weighted by atomic mass is 32.1. The Kier molecular flexibility index (Phi) is 10.2. The van der Waals surface area contributed by atoms with Gasteiger partial charge in [-0.05, 0) is 45.9 Å². The summed E-state index contributed by atoms with van der Waals surface area (Å²) in [6.45, 7) is 12.0. The fourth-order valence-electron chi connectivity index (χ4n) is 1.41. The first kappa shape index (κ1) is 22.3. The van der Waals surface area contributed by atoms with Crippen molar-refractivity contribution in [2.24, 2.45) is 0 Å². The standard InChI is InChI=1S/C11H12N2O2S.C5H12O.C2H6/c1-7(12-6-14)11-13-9-4-3-8(15-2)5-10(9)16-11;1-5(2,3)6-4;1-2/h3-7H,1-2H3,(H,12,14);1-4H3;1-2H3. The first-order chi connectivity index (χ1) is 11.3. The first-order valence-electron chi connectivity index (χ1n) is 8.00. The minimum Gasteiger partial charge on any atom is -0.497 e. The van der Waals surface area contributed by atoms with Gasteiger partial charge in [0.15, 0.2) is 0 Å². The van der Waals surface area contributed by atoms with Crippen molar-refractivity contribution in [2.75, 3.05) is 14.2 Å². The third kappa shape index (κ3) is 7.75. The van der Waals surface area contributed by atoms with Gasteiger partial charge >= 0.3 is 0 Å². The number of benzene rings is 1. The average Bonchev–Trinajstić information content (AvgIpc) is 3.00. The molecule has 0 saturated heterocycles. The lowest BCUT2D eigenvalue weighted by molar-refractivity contribution is -0.110. The Labute approximate surface area is 149 Å². The molecule has 1 aromatic heterocycles. The first-order valence-corrected chi connectivity index (χ1v) is 8.81. The topological polar surface area (TPSA) is 60.5 Å². The van der Waals surface area contributed by atoms with Gasteiger partial charge in [-0.25, -0.2) is 4.98 Å². The lowest BCUT2D eigenvalue weighted by atomic mass is 10.2. The van der Waals surface area contributed by atoms with E-state index in [0.717, 1.165) is 21.0 Å². The molecule has 0 fully saturated rings. The van der Waals surface area contributed by atoms with Crippen LogP contribution in [0.2, 0.25) is 0 Å². The van der Waals surface area contributed by atoms with Gasteiger partial charge in [0, 0.05) is 7.11 Å². The maximum absolute atomic E-state index is 10.3. The lowest BCUT2D eigenvalue weighted by Gasteiger charge is -2.14. The zero-order chi connectivity index (χ0) is 18.8. The Morgan fingerprint density at radius 2 is 1.83 bits per heavy atom. The molecule has 0 bridgehead atoms. The van der Waals surface area contributed by atoms with E-state index >= 15 is 0 Å². The van der Waals surface area contributed by atoms with Gasteiger partial charge in [0.2, 0.25) is 6.41 Å². The number of ether oxygens (including phenoxy) is 2. The molecule has 1 heterocycles. The number of nitrogens with zero attached hydrogens (tertiary/aromatic N) is 1. The minimum absolute atomic E-state index is 0.0417. The second kappa shape index (κ2) is 11.0. The largest absolute Gasteiger partial charge is 0.497 e. The minimum atomic E-state index is -0.0547. The van der Waals surface area contributed by atoms with Crippen LogP contribution in [-0.2, 0) is 9.53 Å². The van der Waals surface area contributed by atoms with Gasteiger partial charge in [-0.1, -0.05) is 13.8 Å². The number of rotatable bonds is 4. The van der Waals surface area contributed by atoms with E-state index in [2.05, 4.69) is 10.3 Å². The molecule has 5 nitrogen and oxygen atoms in total. The van der Waals surface area contributed by atoms with Crippen LogP contribution in [0.15, 0.2) is 18.2 Å². The van der Waals surface area contributed by atoms with E-state index in [1.165, 1.54) is 0 Å². The molecule has 2 aromatic rings. The molecule has 0 radical (unpaired) electrons. The number of hydrogen-bond donors (Lipinski definition) is 1. The van der Waals surface area contributed by atoms with E-state index in [-0.39, 0.29) is 11.6 Å². The number of fused-ring (bicyclic) bond motifs is 1. The van der Waals surface area contributed by atoms with Gasteiger partial charge in [-0.15, -0.1) is 11.3 Å². The average molecular weight is 355 g/mol. The predicted octanol–water partition coefficient (Wildman–Crippen LogP) is 4.57. The maximum Gasteiger partial charge on any atom is 0.207 e. The van der Waals surface area contributed by atoms with Crippen molar-refractivity contribution in [1.82, 2.24) is 10.3 Å². The highest BCUT2D eigenvalue weighted by Crippen LogP contribution is 2.29. The summed E-state index contributed by atoms with van der Waals surface area (Å²) >= 11 is 1.56. The quantitative estimate of drug-likeness (QED) is 0.817. The van der Waals surface area contributed by atoms with Crippen LogP contribution in [0.5, 0.6) is 5.75 Å². The van der Waals surface area contributed by atoms with Gasteiger partial charge < -0.3 is 14.8 Å². The van der Waals surface area contributed by atoms with Crippen molar-refractivity contribution in [3.8, 4) is 5.75 Å². The Bertz CT molecular complexity index is 606. The SMILES string of the molecule is CC.COC(C)(C)C.COc1ccc2nc(C(C)NC=O)sc2c1. The Balaban J connectivity index is 0.000000563. The second-order valence-electron chi connectivity index (χ2n) is 5.71. The van der Waals surface area contributed by atoms with Gasteiger partial charge in [-0.2, -0.15) is 0 Å². The summed E-state index contributed by atoms with van der Waals surface area (Å²) in [5.41, 5.74) is 0.973. The highest BCUT2D eigenvalue weighted by molar-refractivity contribution is 7.18. The molecule has 0 spiro atoms. The molecule has 1 aromatic carbocycles. The molecule has 136 valence electrons. The summed E-state index contributed by atoms with van der Waals surface area (Å²) in [4.78, 5) is 14.8. The second-order valence-corrected chi connectivity index (χ2v) is 6.77. The Morgan fingerprint density at radius 1 is 1.25 bits per heavy atom. The van der Waals surface area contributed by atoms with Crippen LogP contribution in [-0.4, -0.2) is 31.2 Å². The van der Waals surface area contributed by atoms with Crippen molar-refractivity contribution in [1.29, 1.82) is 0 Å². The molecule has 0 aliphatic carbocycles. The molecule has 0 saturated carbocycles. The van der Waals surface area contributed by atoms with E-state index in [1.54, 1.807) is 25.6 Å². The van der Waals surface area contributed by atoms with Crippen LogP contribution in [0.25, 0.3) is 10.2 Å². The van der Waals surface area contributed by atoms with Crippen LogP contribution in [0, 0.1) is 0 Å². The van der Waals surface area contributed by atoms with Crippen molar-refractivity contribution >= 4 is 28.0 Å². The molecule has 2 rings (SSSR count). The smallest absolute Gasteiger partial charge is 0.207 e. The fraction of sp³-hybridized carbons (Fsp3) is 0.556. The van der Waals surface area contributed by atoms with Crippen LogP contribution >= 0.6 is 11.3 Å². The van der Waals surface area contributed by atoms with Crippen LogP contribution in [0.4, 0.5) is 0 Å². The van der Waals surface area contributed by atoms with E-state index in [1.807, 2.05) is 59.7 Å². The highest BCUT2D eigenvalue weighted by Gasteiger charge is 2.10. The Morgan fingerprint density at radius 3 is 2.29 bits per heavy atom. The molecular formula is C18H30N2O3S. The van der Waals surface area contributed by atoms with Gasteiger partial charge in [-0.3, -0.25) is 4.79 Å². The number of thiazole rings is 1. The summed E-state index contributed by atoms with van der Waals surface area (Å²) in [7, 11) is 3.35. The van der Waals surface area contributed by atoms with Gasteiger partial charge in [0.1, 0.15) is 10.8 Å². The van der Waals surface area contributed by atoms with E-state index in [0.29, 0.717) is 6.41 Å². The van der Waals surface area contributed by atoms with Crippen LogP contribution < -0.4 is 10.1 Å². The van der Waals surface area contributed by atoms with Crippen LogP contribution in [0.1, 0.15) is 52.6 Å². The molecule has 1 unspecified atom stereocenters. The number of aromatic nitrogens is 1. The van der Waals surface area contributed by atoms with E-state index in [4.69, 9.17) is 9.47 Å². The monoisotopic (exact) mass is 354 g/mol. The zero-order valence-corrected chi connectivity index (χ0v) is 16.8. The van der Waals surface area contributed by atoms with Crippen molar-refractivity contribution < 1.29 is 14.3 Å².